The average Bonchev–Trinajstić information content (AvgIpc) is 3.01. The number of rotatable bonds is 8. The summed E-state index contributed by atoms with van der Waals surface area (Å²) in [5.74, 6) is -0.533. The van der Waals surface area contributed by atoms with Gasteiger partial charge in [-0.05, 0) is 36.8 Å². The van der Waals surface area contributed by atoms with Crippen LogP contribution in [0.1, 0.15) is 18.6 Å². The Labute approximate surface area is 149 Å². The van der Waals surface area contributed by atoms with Crippen molar-refractivity contribution in [3.63, 3.8) is 0 Å². The number of carboxylic acids is 1. The molecule has 130 valence electrons. The minimum absolute atomic E-state index is 0.00476. The zero-order valence-electron chi connectivity index (χ0n) is 12.5. The standard InChI is InChI=1S/C15H15Cl2NO5S/c16-13-6-5-12(9-14(13)17)24(21,22)18(7-1-4-15(19)20)10-11-3-2-8-23-11/h2-3,5-6,8-9H,1,4,7,10H2,(H,19,20). The first kappa shape index (κ1) is 18.8. The number of sulfonamides is 1. The molecule has 0 aliphatic rings. The summed E-state index contributed by atoms with van der Waals surface area (Å²) < 4.78 is 32.0. The molecule has 0 radical (unpaired) electrons. The van der Waals surface area contributed by atoms with Gasteiger partial charge in [0.15, 0.2) is 0 Å². The fraction of sp³-hybridized carbons (Fsp3) is 0.267. The first-order chi connectivity index (χ1) is 11.3. The SMILES string of the molecule is O=C(O)CCCN(Cc1ccco1)S(=O)(=O)c1ccc(Cl)c(Cl)c1. The predicted octanol–water partition coefficient (Wildman–Crippen LogP) is 3.64. The molecule has 0 saturated heterocycles. The molecule has 0 atom stereocenters. The molecule has 24 heavy (non-hydrogen) atoms. The second-order valence-electron chi connectivity index (χ2n) is 4.99. The molecule has 0 aliphatic heterocycles. The van der Waals surface area contributed by atoms with Crippen LogP contribution in [0.4, 0.5) is 0 Å². The number of nitrogens with zero attached hydrogens (tertiary/aromatic N) is 1. The van der Waals surface area contributed by atoms with Crippen molar-refractivity contribution in [2.45, 2.75) is 24.3 Å². The molecular weight excluding hydrogens is 377 g/mol. The highest BCUT2D eigenvalue weighted by molar-refractivity contribution is 7.89. The Balaban J connectivity index is 2.28. The molecule has 0 saturated carbocycles. The van der Waals surface area contributed by atoms with E-state index in [1.807, 2.05) is 0 Å². The van der Waals surface area contributed by atoms with Crippen LogP contribution < -0.4 is 0 Å². The van der Waals surface area contributed by atoms with Crippen molar-refractivity contribution in [3.8, 4) is 0 Å². The summed E-state index contributed by atoms with van der Waals surface area (Å²) in [6.07, 6.45) is 1.48. The van der Waals surface area contributed by atoms with E-state index >= 15 is 0 Å². The summed E-state index contributed by atoms with van der Waals surface area (Å²) >= 11 is 11.7. The van der Waals surface area contributed by atoms with E-state index in [1.54, 1.807) is 12.1 Å². The molecule has 0 aliphatic carbocycles. The van der Waals surface area contributed by atoms with Gasteiger partial charge in [0.2, 0.25) is 10.0 Å². The Bertz CT molecular complexity index is 805. The van der Waals surface area contributed by atoms with E-state index in [1.165, 1.54) is 24.5 Å². The largest absolute Gasteiger partial charge is 0.481 e. The summed E-state index contributed by atoms with van der Waals surface area (Å²) in [4.78, 5) is 10.7. The highest BCUT2D eigenvalue weighted by atomic mass is 35.5. The lowest BCUT2D eigenvalue weighted by atomic mass is 10.3. The molecule has 6 nitrogen and oxygen atoms in total. The maximum absolute atomic E-state index is 12.8. The molecule has 1 aromatic heterocycles. The Morgan fingerprint density at radius 2 is 1.96 bits per heavy atom. The van der Waals surface area contributed by atoms with Crippen LogP contribution in [0.25, 0.3) is 0 Å². The predicted molar refractivity (Wildman–Crippen MR) is 89.6 cm³/mol. The minimum Gasteiger partial charge on any atom is -0.481 e. The normalized spacial score (nSPS) is 11.8. The number of carboxylic acid groups (broad SMARTS) is 1. The third-order valence-corrected chi connectivity index (χ3v) is 5.82. The van der Waals surface area contributed by atoms with Crippen LogP contribution in [0, 0.1) is 0 Å². The van der Waals surface area contributed by atoms with Gasteiger partial charge in [-0.1, -0.05) is 23.2 Å². The molecule has 0 amide bonds. The number of carbonyl (C=O) groups is 1. The van der Waals surface area contributed by atoms with Crippen molar-refractivity contribution in [2.75, 3.05) is 6.54 Å². The van der Waals surface area contributed by atoms with Crippen molar-refractivity contribution in [1.29, 1.82) is 0 Å². The fourth-order valence-electron chi connectivity index (χ4n) is 2.05. The van der Waals surface area contributed by atoms with E-state index in [4.69, 9.17) is 32.7 Å². The first-order valence-electron chi connectivity index (χ1n) is 7.00. The zero-order chi connectivity index (χ0) is 17.7. The van der Waals surface area contributed by atoms with Gasteiger partial charge in [-0.2, -0.15) is 4.31 Å². The Morgan fingerprint density at radius 3 is 2.54 bits per heavy atom. The first-order valence-corrected chi connectivity index (χ1v) is 9.19. The van der Waals surface area contributed by atoms with Crippen LogP contribution in [0.3, 0.4) is 0 Å². The van der Waals surface area contributed by atoms with E-state index in [9.17, 15) is 13.2 Å². The van der Waals surface area contributed by atoms with Gasteiger partial charge in [-0.15, -0.1) is 0 Å². The molecule has 0 unspecified atom stereocenters. The molecule has 2 rings (SSSR count). The van der Waals surface area contributed by atoms with Crippen molar-refractivity contribution in [1.82, 2.24) is 4.31 Å². The lowest BCUT2D eigenvalue weighted by molar-refractivity contribution is -0.137. The second-order valence-corrected chi connectivity index (χ2v) is 7.74. The number of hydrogen-bond acceptors (Lipinski definition) is 4. The van der Waals surface area contributed by atoms with Gasteiger partial charge in [0, 0.05) is 13.0 Å². The average molecular weight is 392 g/mol. The van der Waals surface area contributed by atoms with Crippen LogP contribution in [-0.4, -0.2) is 30.3 Å². The smallest absolute Gasteiger partial charge is 0.303 e. The van der Waals surface area contributed by atoms with Crippen molar-refractivity contribution >= 4 is 39.2 Å². The van der Waals surface area contributed by atoms with Gasteiger partial charge in [0.1, 0.15) is 5.76 Å². The van der Waals surface area contributed by atoms with E-state index < -0.39 is 16.0 Å². The molecule has 0 spiro atoms. The number of furan rings is 1. The van der Waals surface area contributed by atoms with Crippen molar-refractivity contribution in [3.05, 3.63) is 52.4 Å². The van der Waals surface area contributed by atoms with Crippen LogP contribution in [0.5, 0.6) is 0 Å². The molecular formula is C15H15Cl2NO5S. The highest BCUT2D eigenvalue weighted by Crippen LogP contribution is 2.27. The molecule has 0 bridgehead atoms. The minimum atomic E-state index is -3.88. The third kappa shape index (κ3) is 4.73. The maximum Gasteiger partial charge on any atom is 0.303 e. The van der Waals surface area contributed by atoms with Gasteiger partial charge < -0.3 is 9.52 Å². The number of aliphatic carboxylic acids is 1. The molecule has 1 heterocycles. The van der Waals surface area contributed by atoms with Crippen LogP contribution in [-0.2, 0) is 21.4 Å². The second kappa shape index (κ2) is 8.02. The summed E-state index contributed by atoms with van der Waals surface area (Å²) in [5, 5.41) is 9.13. The molecule has 1 aromatic carbocycles. The van der Waals surface area contributed by atoms with E-state index in [2.05, 4.69) is 0 Å². The van der Waals surface area contributed by atoms with Crippen LogP contribution in [0.15, 0.2) is 45.9 Å². The van der Waals surface area contributed by atoms with Crippen molar-refractivity contribution in [2.24, 2.45) is 0 Å². The van der Waals surface area contributed by atoms with Gasteiger partial charge in [0.05, 0.1) is 27.7 Å². The lowest BCUT2D eigenvalue weighted by Gasteiger charge is -2.21. The summed E-state index contributed by atoms with van der Waals surface area (Å²) in [6, 6.07) is 7.33. The monoisotopic (exact) mass is 391 g/mol. The molecule has 1 N–H and O–H groups in total. The number of halogens is 2. The van der Waals surface area contributed by atoms with Crippen molar-refractivity contribution < 1.29 is 22.7 Å². The Kier molecular flexibility index (Phi) is 6.28. The summed E-state index contributed by atoms with van der Waals surface area (Å²) in [7, 11) is -3.88. The van der Waals surface area contributed by atoms with E-state index in [-0.39, 0.29) is 40.9 Å². The van der Waals surface area contributed by atoms with Gasteiger partial charge in [-0.3, -0.25) is 4.79 Å². The fourth-order valence-corrected chi connectivity index (χ4v) is 3.89. The van der Waals surface area contributed by atoms with Gasteiger partial charge in [0.25, 0.3) is 0 Å². The third-order valence-electron chi connectivity index (χ3n) is 3.24. The van der Waals surface area contributed by atoms with Gasteiger partial charge in [-0.25, -0.2) is 8.42 Å². The molecule has 0 fully saturated rings. The van der Waals surface area contributed by atoms with Crippen LogP contribution in [0.2, 0.25) is 10.0 Å². The zero-order valence-corrected chi connectivity index (χ0v) is 14.8. The number of benzene rings is 1. The Morgan fingerprint density at radius 1 is 1.21 bits per heavy atom. The summed E-state index contributed by atoms with van der Waals surface area (Å²) in [6.45, 7) is 0.0325. The molecule has 2 aromatic rings. The lowest BCUT2D eigenvalue weighted by Crippen LogP contribution is -2.31. The number of hydrogen-bond donors (Lipinski definition) is 1. The van der Waals surface area contributed by atoms with Gasteiger partial charge >= 0.3 is 5.97 Å². The quantitative estimate of drug-likeness (QED) is 0.741. The molecule has 9 heteroatoms. The van der Waals surface area contributed by atoms with E-state index in [0.717, 1.165) is 4.31 Å². The highest BCUT2D eigenvalue weighted by Gasteiger charge is 2.26. The van der Waals surface area contributed by atoms with E-state index in [0.29, 0.717) is 5.76 Å². The Hall–Kier alpha value is -1.54. The van der Waals surface area contributed by atoms with Crippen LogP contribution >= 0.6 is 23.2 Å². The maximum atomic E-state index is 12.8. The topological polar surface area (TPSA) is 87.8 Å². The summed E-state index contributed by atoms with van der Waals surface area (Å²) in [5.41, 5.74) is 0.